The fourth-order valence-electron chi connectivity index (χ4n) is 0.482. The van der Waals surface area contributed by atoms with Crippen LogP contribution in [0.4, 0.5) is 0 Å². The zero-order valence-corrected chi connectivity index (χ0v) is 10.2. The number of carbonyl (C=O) groups excluding carboxylic acids is 1. The highest BCUT2D eigenvalue weighted by Gasteiger charge is 2.04. The summed E-state index contributed by atoms with van der Waals surface area (Å²) in [5.41, 5.74) is 5.10. The van der Waals surface area contributed by atoms with Crippen LogP contribution < -0.4 is 10.6 Å². The van der Waals surface area contributed by atoms with Crippen molar-refractivity contribution in [3.63, 3.8) is 0 Å². The smallest absolute Gasteiger partial charge is 0.333 e. The number of nitrogens with two attached hydrogens (primary N) is 1. The highest BCUT2D eigenvalue weighted by molar-refractivity contribution is 7.36. The van der Waals surface area contributed by atoms with Crippen molar-refractivity contribution < 1.29 is 24.1 Å². The Bertz CT molecular complexity index is 230. The average Bonchev–Trinajstić information content (AvgIpc) is 2.24. The van der Waals surface area contributed by atoms with E-state index < -0.39 is 14.0 Å². The molecule has 0 saturated heterocycles. The molecule has 0 fully saturated rings. The Morgan fingerprint density at radius 1 is 1.62 bits per heavy atom. The van der Waals surface area contributed by atoms with Crippen molar-refractivity contribution >= 4 is 14.0 Å². The first-order chi connectivity index (χ1) is 7.45. The number of esters is 1. The fourth-order valence-corrected chi connectivity index (χ4v) is 0.869. The number of hydrogen-bond donors (Lipinski definition) is 2. The van der Waals surface area contributed by atoms with Gasteiger partial charge in [0.05, 0.1) is 13.2 Å². The van der Waals surface area contributed by atoms with Gasteiger partial charge in [0.2, 0.25) is 0 Å². The van der Waals surface area contributed by atoms with E-state index in [0.29, 0.717) is 18.5 Å². The Kier molecular flexibility index (Phi) is 13.5. The highest BCUT2D eigenvalue weighted by atomic mass is 31.1. The molecule has 0 aliphatic carbocycles. The zero-order valence-electron chi connectivity index (χ0n) is 9.35. The minimum absolute atomic E-state index is 0.0544. The van der Waals surface area contributed by atoms with Crippen LogP contribution in [0.5, 0.6) is 0 Å². The minimum Gasteiger partial charge on any atom is -0.596 e. The minimum atomic E-state index is -2.36. The average molecular weight is 251 g/mol. The van der Waals surface area contributed by atoms with Crippen molar-refractivity contribution in [1.82, 2.24) is 0 Å². The number of aliphatic hydroxyl groups is 1. The van der Waals surface area contributed by atoms with E-state index in [1.54, 1.807) is 0 Å². The Morgan fingerprint density at radius 2 is 2.12 bits per heavy atom. The topological polar surface area (TPSA) is 113 Å². The molecule has 0 aliphatic rings. The van der Waals surface area contributed by atoms with Crippen LogP contribution in [0.15, 0.2) is 12.2 Å². The van der Waals surface area contributed by atoms with Gasteiger partial charge in [0.25, 0.3) is 0 Å². The van der Waals surface area contributed by atoms with Crippen LogP contribution in [-0.2, 0) is 14.1 Å². The van der Waals surface area contributed by atoms with Crippen molar-refractivity contribution in [2.75, 3.05) is 25.9 Å². The second-order valence-corrected chi connectivity index (χ2v) is 3.95. The Labute approximate surface area is 96.0 Å². The molecule has 0 radical (unpaired) electrons. The molecule has 1 unspecified atom stereocenters. The third kappa shape index (κ3) is 15.7. The van der Waals surface area contributed by atoms with Gasteiger partial charge in [-0.15, -0.1) is 0 Å². The largest absolute Gasteiger partial charge is 0.596 e. The third-order valence-corrected chi connectivity index (χ3v) is 1.88. The summed E-state index contributed by atoms with van der Waals surface area (Å²) < 4.78 is 14.7. The second kappa shape index (κ2) is 12.3. The quantitative estimate of drug-likeness (QED) is 0.286. The third-order valence-electron chi connectivity index (χ3n) is 1.20. The molecule has 6 nitrogen and oxygen atoms in total. The van der Waals surface area contributed by atoms with E-state index in [4.69, 9.17) is 10.8 Å². The molecule has 0 saturated carbocycles. The van der Waals surface area contributed by atoms with Crippen molar-refractivity contribution in [2.45, 2.75) is 13.3 Å². The summed E-state index contributed by atoms with van der Waals surface area (Å²) in [5, 5.41) is 7.75. The summed E-state index contributed by atoms with van der Waals surface area (Å²) >= 11 is 0. The van der Waals surface area contributed by atoms with E-state index in [9.17, 15) is 14.3 Å². The van der Waals surface area contributed by atoms with Crippen LogP contribution in [0, 0.1) is 0 Å². The number of ether oxygens (including phenoxy) is 1. The van der Waals surface area contributed by atoms with Crippen molar-refractivity contribution in [3.8, 4) is 0 Å². The lowest BCUT2D eigenvalue weighted by Crippen LogP contribution is -2.07. The predicted octanol–water partition coefficient (Wildman–Crippen LogP) is -0.464. The maximum absolute atomic E-state index is 10.7. The van der Waals surface area contributed by atoms with Crippen molar-refractivity contribution in [3.05, 3.63) is 12.2 Å². The SMILES string of the molecule is C=C(C)C(=O)OCCC[P+](=O)[O-].NCCO. The van der Waals surface area contributed by atoms with E-state index in [2.05, 4.69) is 11.3 Å². The van der Waals surface area contributed by atoms with Gasteiger partial charge in [0.15, 0.2) is 0 Å². The number of carbonyl (C=O) groups is 1. The maximum Gasteiger partial charge on any atom is 0.333 e. The molecule has 0 spiro atoms. The molecule has 0 aliphatic heterocycles. The molecule has 7 heteroatoms. The number of aliphatic hydroxyl groups excluding tert-OH is 1. The van der Waals surface area contributed by atoms with E-state index in [0.717, 1.165) is 0 Å². The van der Waals surface area contributed by atoms with E-state index in [1.807, 2.05) is 0 Å². The standard InChI is InChI=1S/C7H11O4P.C2H7NO/c1-6(2)7(8)11-4-3-5-12(9)10;3-1-2-4/h1,3-5H2,2H3;4H,1-3H2. The van der Waals surface area contributed by atoms with Gasteiger partial charge in [-0.3, -0.25) is 0 Å². The van der Waals surface area contributed by atoms with Crippen LogP contribution in [-0.4, -0.2) is 37.0 Å². The Balaban J connectivity index is 0. The van der Waals surface area contributed by atoms with Gasteiger partial charge in [0.1, 0.15) is 6.16 Å². The summed E-state index contributed by atoms with van der Waals surface area (Å²) in [4.78, 5) is 20.8. The molecule has 0 aromatic heterocycles. The molecule has 0 aromatic carbocycles. The van der Waals surface area contributed by atoms with Gasteiger partial charge in [-0.2, -0.15) is 0 Å². The molecule has 0 aromatic rings. The predicted molar refractivity (Wildman–Crippen MR) is 59.0 cm³/mol. The van der Waals surface area contributed by atoms with E-state index in [1.165, 1.54) is 6.92 Å². The summed E-state index contributed by atoms with van der Waals surface area (Å²) in [7, 11) is -2.36. The molecule has 0 rings (SSSR count). The number of rotatable bonds is 6. The summed E-state index contributed by atoms with van der Waals surface area (Å²) in [5.74, 6) is -0.476. The monoisotopic (exact) mass is 251 g/mol. The van der Waals surface area contributed by atoms with Crippen LogP contribution >= 0.6 is 8.03 Å². The van der Waals surface area contributed by atoms with Crippen molar-refractivity contribution in [1.29, 1.82) is 0 Å². The number of hydrogen-bond acceptors (Lipinski definition) is 6. The van der Waals surface area contributed by atoms with Crippen LogP contribution in [0.2, 0.25) is 0 Å². The fraction of sp³-hybridized carbons (Fsp3) is 0.667. The first-order valence-corrected chi connectivity index (χ1v) is 6.07. The normalized spacial score (nSPS) is 9.88. The van der Waals surface area contributed by atoms with Gasteiger partial charge < -0.3 is 20.5 Å². The lowest BCUT2D eigenvalue weighted by Gasteiger charge is -2.00. The second-order valence-electron chi connectivity index (χ2n) is 2.84. The van der Waals surface area contributed by atoms with Gasteiger partial charge in [-0.05, 0) is 6.92 Å². The molecular weight excluding hydrogens is 233 g/mol. The molecule has 94 valence electrons. The van der Waals surface area contributed by atoms with Gasteiger partial charge >= 0.3 is 14.0 Å². The first-order valence-electron chi connectivity index (χ1n) is 4.71. The van der Waals surface area contributed by atoms with Crippen molar-refractivity contribution in [2.24, 2.45) is 5.73 Å². The van der Waals surface area contributed by atoms with Crippen LogP contribution in [0.3, 0.4) is 0 Å². The lowest BCUT2D eigenvalue weighted by molar-refractivity contribution is -0.164. The highest BCUT2D eigenvalue weighted by Crippen LogP contribution is 2.07. The Morgan fingerprint density at radius 3 is 2.44 bits per heavy atom. The van der Waals surface area contributed by atoms with Gasteiger partial charge in [0, 0.05) is 18.5 Å². The first kappa shape index (κ1) is 17.6. The molecule has 0 amide bonds. The molecule has 1 atom stereocenters. The molecule has 0 bridgehead atoms. The lowest BCUT2D eigenvalue weighted by atomic mass is 10.4. The molecule has 16 heavy (non-hydrogen) atoms. The summed E-state index contributed by atoms with van der Waals surface area (Å²) in [6, 6.07) is 0. The maximum atomic E-state index is 10.7. The van der Waals surface area contributed by atoms with Gasteiger partial charge in [-0.25, -0.2) is 4.79 Å². The van der Waals surface area contributed by atoms with E-state index >= 15 is 0 Å². The van der Waals surface area contributed by atoms with Gasteiger partial charge in [-0.1, -0.05) is 11.1 Å². The zero-order chi connectivity index (χ0) is 13.0. The van der Waals surface area contributed by atoms with Crippen LogP contribution in [0.25, 0.3) is 0 Å². The Hall–Kier alpha value is -0.810. The summed E-state index contributed by atoms with van der Waals surface area (Å²) in [6.45, 7) is 5.52. The van der Waals surface area contributed by atoms with Crippen LogP contribution in [0.1, 0.15) is 13.3 Å². The molecule has 0 heterocycles. The van der Waals surface area contributed by atoms with E-state index in [-0.39, 0.29) is 19.4 Å². The molecule has 3 N–H and O–H groups in total. The molecular formula is C9H18NO5P. The summed E-state index contributed by atoms with van der Waals surface area (Å²) in [6.07, 6.45) is 0.399.